The van der Waals surface area contributed by atoms with Gasteiger partial charge in [-0.3, -0.25) is 0 Å². The third-order valence-electron chi connectivity index (χ3n) is 3.10. The van der Waals surface area contributed by atoms with Crippen LogP contribution < -0.4 is 0 Å². The molecule has 0 amide bonds. The number of hydrogen-bond acceptors (Lipinski definition) is 1. The number of hydrogen-bond donors (Lipinski definition) is 1. The van der Waals surface area contributed by atoms with Crippen LogP contribution in [0.1, 0.15) is 28.4 Å². The standard InChI is InChI=1S/C15H14BrClO/c1-9-3-4-11(7-10(9)2)15(18)13-8-12(16)5-6-14(13)17/h3-8,15,18H,1-2H3. The molecule has 0 aliphatic heterocycles. The van der Waals surface area contributed by atoms with Gasteiger partial charge in [-0.2, -0.15) is 0 Å². The van der Waals surface area contributed by atoms with E-state index in [2.05, 4.69) is 22.9 Å². The van der Waals surface area contributed by atoms with Gasteiger partial charge < -0.3 is 5.11 Å². The fourth-order valence-corrected chi connectivity index (χ4v) is 2.44. The molecule has 0 spiro atoms. The van der Waals surface area contributed by atoms with Crippen LogP contribution in [0.25, 0.3) is 0 Å². The minimum Gasteiger partial charge on any atom is -0.384 e. The summed E-state index contributed by atoms with van der Waals surface area (Å²) in [6.45, 7) is 4.09. The Labute approximate surface area is 121 Å². The first kappa shape index (κ1) is 13.6. The lowest BCUT2D eigenvalue weighted by atomic mass is 9.98. The number of aliphatic hydroxyl groups is 1. The lowest BCUT2D eigenvalue weighted by molar-refractivity contribution is 0.220. The number of aryl methyl sites for hydroxylation is 2. The Hall–Kier alpha value is -0.830. The van der Waals surface area contributed by atoms with Gasteiger partial charge in [0.1, 0.15) is 6.10 Å². The largest absolute Gasteiger partial charge is 0.384 e. The maximum atomic E-state index is 10.4. The van der Waals surface area contributed by atoms with Crippen LogP contribution in [0.15, 0.2) is 40.9 Å². The first-order chi connectivity index (χ1) is 8.49. The Bertz CT molecular complexity index is 581. The van der Waals surface area contributed by atoms with E-state index in [9.17, 15) is 5.11 Å². The van der Waals surface area contributed by atoms with E-state index >= 15 is 0 Å². The molecule has 0 aromatic heterocycles. The molecule has 1 N–H and O–H groups in total. The van der Waals surface area contributed by atoms with Crippen LogP contribution in [-0.4, -0.2) is 5.11 Å². The van der Waals surface area contributed by atoms with Crippen molar-refractivity contribution in [2.24, 2.45) is 0 Å². The molecule has 2 aromatic rings. The average molecular weight is 326 g/mol. The molecule has 0 fully saturated rings. The fourth-order valence-electron chi connectivity index (χ4n) is 1.84. The number of benzene rings is 2. The second-order valence-corrected chi connectivity index (χ2v) is 5.73. The third-order valence-corrected chi connectivity index (χ3v) is 3.94. The van der Waals surface area contributed by atoms with Crippen molar-refractivity contribution >= 4 is 27.5 Å². The van der Waals surface area contributed by atoms with E-state index in [1.54, 1.807) is 6.07 Å². The van der Waals surface area contributed by atoms with Gasteiger partial charge in [-0.05, 0) is 48.7 Å². The maximum Gasteiger partial charge on any atom is 0.106 e. The molecule has 94 valence electrons. The molecule has 0 saturated heterocycles. The Morgan fingerprint density at radius 2 is 1.78 bits per heavy atom. The molecule has 2 rings (SSSR count). The lowest BCUT2D eigenvalue weighted by Crippen LogP contribution is -2.01. The zero-order valence-corrected chi connectivity index (χ0v) is 12.6. The molecule has 0 bridgehead atoms. The topological polar surface area (TPSA) is 20.2 Å². The summed E-state index contributed by atoms with van der Waals surface area (Å²) in [6.07, 6.45) is -0.700. The Balaban J connectivity index is 2.44. The van der Waals surface area contributed by atoms with Crippen LogP contribution in [0.4, 0.5) is 0 Å². The summed E-state index contributed by atoms with van der Waals surface area (Å²) in [6, 6.07) is 11.4. The van der Waals surface area contributed by atoms with Crippen LogP contribution >= 0.6 is 27.5 Å². The van der Waals surface area contributed by atoms with Crippen LogP contribution in [0.2, 0.25) is 5.02 Å². The van der Waals surface area contributed by atoms with Gasteiger partial charge in [0.2, 0.25) is 0 Å². The molecular weight excluding hydrogens is 312 g/mol. The van der Waals surface area contributed by atoms with Crippen LogP contribution in [0, 0.1) is 13.8 Å². The predicted molar refractivity (Wildman–Crippen MR) is 79.1 cm³/mol. The van der Waals surface area contributed by atoms with E-state index in [0.29, 0.717) is 10.6 Å². The predicted octanol–water partition coefficient (Wildman–Crippen LogP) is 4.80. The lowest BCUT2D eigenvalue weighted by Gasteiger charge is -2.15. The molecule has 0 radical (unpaired) electrons. The van der Waals surface area contributed by atoms with Crippen molar-refractivity contribution in [1.29, 1.82) is 0 Å². The number of halogens is 2. The van der Waals surface area contributed by atoms with E-state index < -0.39 is 6.10 Å². The molecule has 18 heavy (non-hydrogen) atoms. The normalized spacial score (nSPS) is 12.5. The Morgan fingerprint density at radius 3 is 2.44 bits per heavy atom. The summed E-state index contributed by atoms with van der Waals surface area (Å²) < 4.78 is 0.907. The van der Waals surface area contributed by atoms with Crippen molar-refractivity contribution in [1.82, 2.24) is 0 Å². The van der Waals surface area contributed by atoms with Gasteiger partial charge in [-0.15, -0.1) is 0 Å². The van der Waals surface area contributed by atoms with Crippen molar-refractivity contribution in [3.8, 4) is 0 Å². The Kier molecular flexibility index (Phi) is 4.10. The fraction of sp³-hybridized carbons (Fsp3) is 0.200. The van der Waals surface area contributed by atoms with Gasteiger partial charge >= 0.3 is 0 Å². The third kappa shape index (κ3) is 2.77. The van der Waals surface area contributed by atoms with Gasteiger partial charge in [-0.25, -0.2) is 0 Å². The van der Waals surface area contributed by atoms with Gasteiger partial charge in [0.15, 0.2) is 0 Å². The quantitative estimate of drug-likeness (QED) is 0.841. The first-order valence-electron chi connectivity index (χ1n) is 5.69. The van der Waals surface area contributed by atoms with E-state index in [1.807, 2.05) is 37.3 Å². The minimum atomic E-state index is -0.700. The molecule has 0 saturated carbocycles. The molecule has 1 atom stereocenters. The first-order valence-corrected chi connectivity index (χ1v) is 6.86. The molecule has 2 aromatic carbocycles. The molecular formula is C15H14BrClO. The highest BCUT2D eigenvalue weighted by molar-refractivity contribution is 9.10. The number of aliphatic hydroxyl groups excluding tert-OH is 1. The van der Waals surface area contributed by atoms with Crippen molar-refractivity contribution in [3.63, 3.8) is 0 Å². The summed E-state index contributed by atoms with van der Waals surface area (Å²) >= 11 is 9.52. The van der Waals surface area contributed by atoms with Gasteiger partial charge in [-0.1, -0.05) is 45.7 Å². The van der Waals surface area contributed by atoms with Crippen LogP contribution in [0.3, 0.4) is 0 Å². The van der Waals surface area contributed by atoms with Crippen molar-refractivity contribution < 1.29 is 5.11 Å². The van der Waals surface area contributed by atoms with Gasteiger partial charge in [0, 0.05) is 15.1 Å². The number of rotatable bonds is 2. The van der Waals surface area contributed by atoms with E-state index in [1.165, 1.54) is 5.56 Å². The Morgan fingerprint density at radius 1 is 1.06 bits per heavy atom. The molecule has 0 aliphatic rings. The van der Waals surface area contributed by atoms with Crippen molar-refractivity contribution in [3.05, 3.63) is 68.1 Å². The van der Waals surface area contributed by atoms with E-state index in [-0.39, 0.29) is 0 Å². The second kappa shape index (κ2) is 5.43. The second-order valence-electron chi connectivity index (χ2n) is 4.41. The monoisotopic (exact) mass is 324 g/mol. The maximum absolute atomic E-state index is 10.4. The summed E-state index contributed by atoms with van der Waals surface area (Å²) in [5.41, 5.74) is 3.95. The zero-order valence-electron chi connectivity index (χ0n) is 10.2. The molecule has 1 unspecified atom stereocenters. The molecule has 0 aliphatic carbocycles. The summed E-state index contributed by atoms with van der Waals surface area (Å²) in [5, 5.41) is 11.0. The van der Waals surface area contributed by atoms with Crippen LogP contribution in [0.5, 0.6) is 0 Å². The highest BCUT2D eigenvalue weighted by atomic mass is 79.9. The van der Waals surface area contributed by atoms with Crippen molar-refractivity contribution in [2.45, 2.75) is 20.0 Å². The summed E-state index contributed by atoms with van der Waals surface area (Å²) in [4.78, 5) is 0. The highest BCUT2D eigenvalue weighted by Gasteiger charge is 2.14. The summed E-state index contributed by atoms with van der Waals surface area (Å²) in [7, 11) is 0. The van der Waals surface area contributed by atoms with Crippen molar-refractivity contribution in [2.75, 3.05) is 0 Å². The minimum absolute atomic E-state index is 0.573. The smallest absolute Gasteiger partial charge is 0.106 e. The zero-order chi connectivity index (χ0) is 13.3. The highest BCUT2D eigenvalue weighted by Crippen LogP contribution is 2.31. The average Bonchev–Trinajstić information content (AvgIpc) is 2.35. The molecule has 1 nitrogen and oxygen atoms in total. The molecule has 0 heterocycles. The van der Waals surface area contributed by atoms with Gasteiger partial charge in [0.25, 0.3) is 0 Å². The van der Waals surface area contributed by atoms with Crippen LogP contribution in [-0.2, 0) is 0 Å². The molecule has 3 heteroatoms. The summed E-state index contributed by atoms with van der Waals surface area (Å²) in [5.74, 6) is 0. The van der Waals surface area contributed by atoms with Gasteiger partial charge in [0.05, 0.1) is 0 Å². The SMILES string of the molecule is Cc1ccc(C(O)c2cc(Br)ccc2Cl)cc1C. The van der Waals surface area contributed by atoms with E-state index in [4.69, 9.17) is 11.6 Å². The van der Waals surface area contributed by atoms with E-state index in [0.717, 1.165) is 15.6 Å².